The van der Waals surface area contributed by atoms with Crippen molar-refractivity contribution in [3.63, 3.8) is 0 Å². The third-order valence-electron chi connectivity index (χ3n) is 24.2. The van der Waals surface area contributed by atoms with E-state index < -0.39 is 0 Å². The van der Waals surface area contributed by atoms with E-state index >= 15 is 0 Å². The van der Waals surface area contributed by atoms with Crippen molar-refractivity contribution in [2.24, 2.45) is 43.0 Å². The van der Waals surface area contributed by atoms with E-state index in [4.69, 9.17) is 32.8 Å². The summed E-state index contributed by atoms with van der Waals surface area (Å²) in [7, 11) is 0. The van der Waals surface area contributed by atoms with Crippen LogP contribution in [0, 0.1) is 13.8 Å². The molecular formula is C107H127N15O9. The number of Topliss-reactive ketones (excluding diaryl/α,β-unsaturated/α-hetero) is 1. The summed E-state index contributed by atoms with van der Waals surface area (Å²) in [5.74, 6) is 7.65. The number of aryl methyl sites for hydroxylation is 2. The molecule has 3 saturated heterocycles. The monoisotopic (exact) mass is 1770 g/mol. The van der Waals surface area contributed by atoms with E-state index in [-0.39, 0.29) is 53.6 Å². The first-order chi connectivity index (χ1) is 63.3. The van der Waals surface area contributed by atoms with Crippen molar-refractivity contribution in [2.75, 3.05) is 85.1 Å². The van der Waals surface area contributed by atoms with Crippen LogP contribution in [0.1, 0.15) is 233 Å². The molecule has 3 fully saturated rings. The maximum Gasteiger partial charge on any atom is 0.334 e. The number of hydrogen-bond donors (Lipinski definition) is 5. The molecule has 7 heterocycles. The van der Waals surface area contributed by atoms with E-state index in [1.54, 1.807) is 19.9 Å². The van der Waals surface area contributed by atoms with Crippen LogP contribution in [0.3, 0.4) is 0 Å². The standard InChI is InChI=1S/C31H42N4O2.C28H35N5O2.C24H25N3O3.C24H25N3O2/c1-6-14-34(15-7-2)30(36)24-12-10-23(11-13-24)27-21-28-25(18-22(27)5)19-26(20-29(32)33-28)31(37)35(16-8-3)17-9-4;1-3-13-32(14-4-2)28(35)24-17-23-12-11-22(18-25(23)30-26(19-24)31-29)20-7-9-21(10-8-20)27(34)33-15-5-6-16-33;1-2-30-24(29)20-14-19-13-18(9-10-21(19)26-22(25)15-20)16-5-7-17(8-6-16)23(28)27-11-3-4-12-27;1-15-11-20-12-19(16(2)28)13-23(25)26-22(20)14-21(15)17-5-7-18(8-6-17)24(29)27-9-3-4-10-27/h10-13,18-19,21H,6-9,14-17,20H2,1-5H3,(H2,32,33);7-12,17-18H,3-6,13-16,19,29H2,1-2H3,(H,30,31);5-10,13-14H,2-4,11-12,15H2,1H3,(H2,25,26);5-8,11-12,14H,3-4,9-10,13H2,1-2H3,(H2,25,26). The number of nitrogens with two attached hydrogens (primary N) is 4. The number of hydrazine groups is 1. The number of esters is 1. The SMILES string of the molecule is CC(=O)C1=Cc2cc(C)c(-c3ccc(C(=O)N4CCCC4)cc3)cc2N=C(N)C1.CCCN(CCC)C(=O)C1=Cc2cc(C)c(-c3ccc(C(=O)N(CCC)CCC)cc3)cc2N=C(N)C1.CCCN(CCC)C(=O)C1=Cc2ccc(-c3ccc(C(=O)N4CCCC4)cc3)cc2N=C(NN)C1.CCOC(=O)C1=Cc2cc(-c3ccc(C(=O)N4CCCC4)cc3)ccc2N=C(N)C1. The number of carbonyl (C=O) groups is 8. The van der Waals surface area contributed by atoms with Crippen LogP contribution in [-0.4, -0.2) is 185 Å². The Morgan fingerprint density at radius 1 is 0.351 bits per heavy atom. The molecular weight excluding hydrogens is 1640 g/mol. The summed E-state index contributed by atoms with van der Waals surface area (Å²) in [6.07, 6.45) is 20.9. The van der Waals surface area contributed by atoms with Crippen molar-refractivity contribution < 1.29 is 43.1 Å². The Morgan fingerprint density at radius 3 is 1.09 bits per heavy atom. The minimum Gasteiger partial charge on any atom is -0.463 e. The summed E-state index contributed by atoms with van der Waals surface area (Å²) >= 11 is 0. The highest BCUT2D eigenvalue weighted by Gasteiger charge is 2.29. The number of nitrogens with one attached hydrogen (secondary N) is 1. The van der Waals surface area contributed by atoms with E-state index in [0.29, 0.717) is 88.2 Å². The normalized spacial score (nSPS) is 14.8. The lowest BCUT2D eigenvalue weighted by molar-refractivity contribution is -0.138. The summed E-state index contributed by atoms with van der Waals surface area (Å²) in [4.78, 5) is 131. The van der Waals surface area contributed by atoms with Gasteiger partial charge in [0.1, 0.15) is 23.3 Å². The molecule has 0 aliphatic carbocycles. The van der Waals surface area contributed by atoms with E-state index in [1.807, 2.05) is 206 Å². The molecule has 0 radical (unpaired) electrons. The van der Waals surface area contributed by atoms with Gasteiger partial charge in [0.2, 0.25) is 11.8 Å². The fourth-order valence-electron chi connectivity index (χ4n) is 17.5. The van der Waals surface area contributed by atoms with Gasteiger partial charge >= 0.3 is 5.97 Å². The second-order valence-corrected chi connectivity index (χ2v) is 34.4. The highest BCUT2D eigenvalue weighted by atomic mass is 16.5. The zero-order valence-corrected chi connectivity index (χ0v) is 77.8. The highest BCUT2D eigenvalue weighted by molar-refractivity contribution is 6.09. The van der Waals surface area contributed by atoms with Gasteiger partial charge < -0.3 is 56.8 Å². The largest absolute Gasteiger partial charge is 0.463 e. The molecule has 24 nitrogen and oxygen atoms in total. The van der Waals surface area contributed by atoms with Gasteiger partial charge in [0.15, 0.2) is 5.78 Å². The van der Waals surface area contributed by atoms with E-state index in [2.05, 4.69) is 74.9 Å². The molecule has 131 heavy (non-hydrogen) atoms. The van der Waals surface area contributed by atoms with Crippen molar-refractivity contribution >= 4 is 118 Å². The second kappa shape index (κ2) is 46.2. The number of aliphatic imine (C=N–C) groups is 4. The summed E-state index contributed by atoms with van der Waals surface area (Å²) < 4.78 is 5.14. The number of amides is 6. The van der Waals surface area contributed by atoms with Gasteiger partial charge in [-0.15, -0.1) is 0 Å². The van der Waals surface area contributed by atoms with Gasteiger partial charge in [-0.25, -0.2) is 30.6 Å². The number of likely N-dealkylation sites (tertiary alicyclic amines) is 3. The lowest BCUT2D eigenvalue weighted by Gasteiger charge is -2.23. The first-order valence-corrected chi connectivity index (χ1v) is 46.6. The number of rotatable bonds is 25. The molecule has 0 aromatic heterocycles. The molecule has 24 heteroatoms. The average Bonchev–Trinajstić information content (AvgIpc) is 1.78. The average molecular weight is 1770 g/mol. The zero-order valence-electron chi connectivity index (χ0n) is 77.8. The lowest BCUT2D eigenvalue weighted by Crippen LogP contribution is -2.36. The first-order valence-electron chi connectivity index (χ1n) is 46.6. The molecule has 8 aromatic rings. The van der Waals surface area contributed by atoms with Gasteiger partial charge in [-0.05, 0) is 276 Å². The number of fused-ring (bicyclic) bond motifs is 4. The minimum absolute atomic E-state index is 0.0102. The maximum atomic E-state index is 13.3. The number of nitrogens with zero attached hydrogens (tertiary/aromatic N) is 10. The Labute approximate surface area is 771 Å². The number of ketones is 1. The Hall–Kier alpha value is -13.5. The van der Waals surface area contributed by atoms with Gasteiger partial charge in [-0.3, -0.25) is 33.6 Å². The fourth-order valence-corrected chi connectivity index (χ4v) is 17.5. The Morgan fingerprint density at radius 2 is 0.679 bits per heavy atom. The van der Waals surface area contributed by atoms with Crippen LogP contribution in [0.4, 0.5) is 22.7 Å². The number of benzene rings is 8. The Bertz CT molecular complexity index is 5760. The Balaban J connectivity index is 0.000000159. The van der Waals surface area contributed by atoms with Crippen LogP contribution < -0.4 is 28.5 Å². The predicted molar refractivity (Wildman–Crippen MR) is 529 cm³/mol. The van der Waals surface area contributed by atoms with Crippen molar-refractivity contribution in [2.45, 2.75) is 172 Å². The third kappa shape index (κ3) is 24.7. The molecule has 0 spiro atoms. The molecule has 6 amide bonds. The second-order valence-electron chi connectivity index (χ2n) is 34.4. The van der Waals surface area contributed by atoms with Gasteiger partial charge in [0.25, 0.3) is 23.6 Å². The molecule has 7 aliphatic heterocycles. The van der Waals surface area contributed by atoms with Crippen molar-refractivity contribution in [3.05, 3.63) is 236 Å². The summed E-state index contributed by atoms with van der Waals surface area (Å²) in [5, 5.41) is 0. The lowest BCUT2D eigenvalue weighted by atomic mass is 9.95. The van der Waals surface area contributed by atoms with Crippen molar-refractivity contribution in [1.29, 1.82) is 0 Å². The fraction of sp³-hybridized carbons (Fsp3) is 0.364. The molecule has 15 rings (SSSR count). The molecule has 0 bridgehead atoms. The molecule has 8 aromatic carbocycles. The van der Waals surface area contributed by atoms with Crippen LogP contribution in [0.5, 0.6) is 0 Å². The molecule has 0 atom stereocenters. The van der Waals surface area contributed by atoms with E-state index in [1.165, 1.54) is 0 Å². The van der Waals surface area contributed by atoms with Gasteiger partial charge in [0.05, 0.1) is 29.4 Å². The van der Waals surface area contributed by atoms with Crippen LogP contribution in [0.2, 0.25) is 0 Å². The summed E-state index contributed by atoms with van der Waals surface area (Å²) in [6, 6.07) is 51.0. The number of amidine groups is 4. The van der Waals surface area contributed by atoms with Crippen LogP contribution in [0.25, 0.3) is 68.8 Å². The van der Waals surface area contributed by atoms with Crippen molar-refractivity contribution in [1.82, 2.24) is 34.8 Å². The summed E-state index contributed by atoms with van der Waals surface area (Å²) in [6.45, 7) is 29.8. The minimum atomic E-state index is -0.376. The number of ether oxygens (including phenoxy) is 1. The third-order valence-corrected chi connectivity index (χ3v) is 24.2. The topological polar surface area (TPSA) is 331 Å². The van der Waals surface area contributed by atoms with Crippen molar-refractivity contribution in [3.8, 4) is 44.5 Å². The quantitative estimate of drug-likeness (QED) is 0.0202. The summed E-state index contributed by atoms with van der Waals surface area (Å²) in [5.41, 5.74) is 43.1. The molecule has 7 aliphatic rings. The van der Waals surface area contributed by atoms with Gasteiger partial charge in [-0.2, -0.15) is 0 Å². The van der Waals surface area contributed by atoms with E-state index in [9.17, 15) is 38.4 Å². The number of carbonyl (C=O) groups excluding carboxylic acids is 8. The molecule has 0 unspecified atom stereocenters. The highest BCUT2D eigenvalue weighted by Crippen LogP contribution is 2.40. The predicted octanol–water partition coefficient (Wildman–Crippen LogP) is 19.1. The van der Waals surface area contributed by atoms with Crippen LogP contribution in [0.15, 0.2) is 200 Å². The number of hydrogen-bond acceptors (Lipinski definition) is 18. The molecule has 0 saturated carbocycles. The van der Waals surface area contributed by atoms with Gasteiger partial charge in [0, 0.05) is 171 Å². The molecule has 9 N–H and O–H groups in total. The maximum absolute atomic E-state index is 13.3. The Kier molecular flexibility index (Phi) is 34.0. The smallest absolute Gasteiger partial charge is 0.334 e. The first kappa shape index (κ1) is 96.6. The van der Waals surface area contributed by atoms with Crippen LogP contribution >= 0.6 is 0 Å². The van der Waals surface area contributed by atoms with E-state index in [0.717, 1.165) is 262 Å². The molecule has 684 valence electrons. The zero-order chi connectivity index (χ0) is 93.4. The van der Waals surface area contributed by atoms with Gasteiger partial charge in [-0.1, -0.05) is 108 Å². The van der Waals surface area contributed by atoms with Crippen LogP contribution in [-0.2, 0) is 23.9 Å².